The van der Waals surface area contributed by atoms with Crippen molar-refractivity contribution in [3.63, 3.8) is 0 Å². The molecule has 2 aromatic carbocycles. The molecule has 0 spiro atoms. The lowest BCUT2D eigenvalue weighted by Gasteiger charge is -2.14. The van der Waals surface area contributed by atoms with Gasteiger partial charge in [-0.05, 0) is 56.7 Å². The Morgan fingerprint density at radius 1 is 1.07 bits per heavy atom. The van der Waals surface area contributed by atoms with Gasteiger partial charge < -0.3 is 25.8 Å². The third kappa shape index (κ3) is 7.91. The van der Waals surface area contributed by atoms with Gasteiger partial charge >= 0.3 is 0 Å². The quantitative estimate of drug-likeness (QED) is 0.304. The topological polar surface area (TPSA) is 98.0 Å². The highest BCUT2D eigenvalue weighted by molar-refractivity contribution is 6.30. The molecule has 0 saturated carbocycles. The Morgan fingerprint density at radius 2 is 1.79 bits per heavy atom. The summed E-state index contributed by atoms with van der Waals surface area (Å²) in [7, 11) is 0. The second kappa shape index (κ2) is 11.8. The maximum Gasteiger partial charge on any atom is 0.224 e. The van der Waals surface area contributed by atoms with E-state index in [1.54, 1.807) is 24.3 Å². The summed E-state index contributed by atoms with van der Waals surface area (Å²) in [6.07, 6.45) is 0.905. The average molecular weight is 419 g/mol. The first kappa shape index (κ1) is 22.4. The SMILES string of the molecule is CCOc1ccc(OCC)c(NC(N)=NCCCC(=O)Nc2ccc(Cl)cc2)c1. The third-order valence-electron chi connectivity index (χ3n) is 3.80. The summed E-state index contributed by atoms with van der Waals surface area (Å²) >= 11 is 5.83. The number of aliphatic imine (C=N–C) groups is 1. The monoisotopic (exact) mass is 418 g/mol. The van der Waals surface area contributed by atoms with Crippen molar-refractivity contribution in [2.45, 2.75) is 26.7 Å². The van der Waals surface area contributed by atoms with Crippen LogP contribution in [0.25, 0.3) is 0 Å². The first-order valence-electron chi connectivity index (χ1n) is 9.53. The molecule has 29 heavy (non-hydrogen) atoms. The molecule has 0 heterocycles. The van der Waals surface area contributed by atoms with Crippen molar-refractivity contribution in [2.24, 2.45) is 10.7 Å². The van der Waals surface area contributed by atoms with Crippen molar-refractivity contribution in [3.8, 4) is 11.5 Å². The molecule has 1 amide bonds. The maximum atomic E-state index is 12.0. The van der Waals surface area contributed by atoms with Crippen LogP contribution in [-0.2, 0) is 4.79 Å². The van der Waals surface area contributed by atoms with Gasteiger partial charge in [-0.2, -0.15) is 0 Å². The first-order valence-corrected chi connectivity index (χ1v) is 9.91. The Bertz CT molecular complexity index is 825. The lowest BCUT2D eigenvalue weighted by atomic mass is 10.2. The van der Waals surface area contributed by atoms with Crippen LogP contribution in [0.15, 0.2) is 47.5 Å². The zero-order valence-corrected chi connectivity index (χ0v) is 17.5. The van der Waals surface area contributed by atoms with E-state index in [1.807, 2.05) is 32.0 Å². The smallest absolute Gasteiger partial charge is 0.224 e. The van der Waals surface area contributed by atoms with Crippen LogP contribution in [0.2, 0.25) is 5.02 Å². The van der Waals surface area contributed by atoms with Gasteiger partial charge in [0.1, 0.15) is 11.5 Å². The average Bonchev–Trinajstić information content (AvgIpc) is 2.69. The number of hydrogen-bond acceptors (Lipinski definition) is 4. The summed E-state index contributed by atoms with van der Waals surface area (Å²) in [5.41, 5.74) is 7.37. The lowest BCUT2D eigenvalue weighted by Crippen LogP contribution is -2.23. The van der Waals surface area contributed by atoms with Gasteiger partial charge in [-0.25, -0.2) is 0 Å². The number of benzene rings is 2. The molecule has 8 heteroatoms. The summed E-state index contributed by atoms with van der Waals surface area (Å²) in [6, 6.07) is 12.4. The Labute approximate surface area is 176 Å². The molecular weight excluding hydrogens is 392 g/mol. The number of nitrogens with zero attached hydrogens (tertiary/aromatic N) is 1. The minimum Gasteiger partial charge on any atom is -0.494 e. The van der Waals surface area contributed by atoms with E-state index in [9.17, 15) is 4.79 Å². The molecule has 2 aromatic rings. The van der Waals surface area contributed by atoms with E-state index in [4.69, 9.17) is 26.8 Å². The van der Waals surface area contributed by atoms with E-state index >= 15 is 0 Å². The van der Waals surface area contributed by atoms with Crippen LogP contribution in [0.3, 0.4) is 0 Å². The predicted molar refractivity (Wildman–Crippen MR) is 118 cm³/mol. The second-order valence-corrected chi connectivity index (χ2v) is 6.51. The molecule has 0 saturated heterocycles. The zero-order chi connectivity index (χ0) is 21.1. The number of nitrogens with one attached hydrogen (secondary N) is 2. The highest BCUT2D eigenvalue weighted by Crippen LogP contribution is 2.29. The highest BCUT2D eigenvalue weighted by atomic mass is 35.5. The minimum absolute atomic E-state index is 0.0860. The molecule has 0 radical (unpaired) electrons. The molecule has 4 N–H and O–H groups in total. The molecular formula is C21H27ClN4O3. The molecule has 0 bridgehead atoms. The number of carbonyl (C=O) groups is 1. The summed E-state index contributed by atoms with van der Waals surface area (Å²) in [5, 5.41) is 6.48. The van der Waals surface area contributed by atoms with Crippen LogP contribution in [0.5, 0.6) is 11.5 Å². The molecule has 0 unspecified atom stereocenters. The van der Waals surface area contributed by atoms with Gasteiger partial charge in [0.25, 0.3) is 0 Å². The number of anilines is 2. The van der Waals surface area contributed by atoms with Crippen LogP contribution >= 0.6 is 11.6 Å². The first-order chi connectivity index (χ1) is 14.0. The fourth-order valence-electron chi connectivity index (χ4n) is 2.52. The maximum absolute atomic E-state index is 12.0. The zero-order valence-electron chi connectivity index (χ0n) is 16.7. The number of rotatable bonds is 10. The highest BCUT2D eigenvalue weighted by Gasteiger charge is 2.07. The molecule has 0 aliphatic heterocycles. The summed E-state index contributed by atoms with van der Waals surface area (Å²) in [5.74, 6) is 1.54. The van der Waals surface area contributed by atoms with E-state index in [1.165, 1.54) is 0 Å². The Morgan fingerprint density at radius 3 is 2.48 bits per heavy atom. The number of ether oxygens (including phenoxy) is 2. The van der Waals surface area contributed by atoms with E-state index < -0.39 is 0 Å². The normalized spacial score (nSPS) is 11.1. The molecule has 156 valence electrons. The van der Waals surface area contributed by atoms with Gasteiger partial charge in [-0.3, -0.25) is 9.79 Å². The second-order valence-electron chi connectivity index (χ2n) is 6.07. The number of halogens is 1. The van der Waals surface area contributed by atoms with Crippen LogP contribution < -0.4 is 25.8 Å². The van der Waals surface area contributed by atoms with Gasteiger partial charge in [0.05, 0.1) is 18.9 Å². The van der Waals surface area contributed by atoms with Gasteiger partial charge in [-0.15, -0.1) is 0 Å². The van der Waals surface area contributed by atoms with Crippen molar-refractivity contribution >= 4 is 34.8 Å². The van der Waals surface area contributed by atoms with Crippen molar-refractivity contribution in [1.82, 2.24) is 0 Å². The van der Waals surface area contributed by atoms with E-state index in [0.717, 1.165) is 0 Å². The molecule has 0 aliphatic rings. The molecule has 0 atom stereocenters. The summed E-state index contributed by atoms with van der Waals surface area (Å²) in [6.45, 7) is 5.34. The molecule has 0 fully saturated rings. The minimum atomic E-state index is -0.0860. The number of nitrogens with two attached hydrogens (primary N) is 1. The summed E-state index contributed by atoms with van der Waals surface area (Å²) < 4.78 is 11.1. The van der Waals surface area contributed by atoms with Gasteiger partial charge in [0, 0.05) is 29.7 Å². The van der Waals surface area contributed by atoms with Crippen LogP contribution in [0, 0.1) is 0 Å². The fraction of sp³-hybridized carbons (Fsp3) is 0.333. The Balaban J connectivity index is 1.84. The van der Waals surface area contributed by atoms with Gasteiger partial charge in [-0.1, -0.05) is 11.6 Å². The van der Waals surface area contributed by atoms with Crippen LogP contribution in [0.4, 0.5) is 11.4 Å². The fourth-order valence-corrected chi connectivity index (χ4v) is 2.64. The van der Waals surface area contributed by atoms with Crippen molar-refractivity contribution in [2.75, 3.05) is 30.4 Å². The van der Waals surface area contributed by atoms with Crippen molar-refractivity contribution in [3.05, 3.63) is 47.5 Å². The van der Waals surface area contributed by atoms with Crippen molar-refractivity contribution < 1.29 is 14.3 Å². The van der Waals surface area contributed by atoms with Crippen LogP contribution in [-0.4, -0.2) is 31.6 Å². The van der Waals surface area contributed by atoms with E-state index in [-0.39, 0.29) is 11.9 Å². The number of carbonyl (C=O) groups excluding carboxylic acids is 1. The number of amides is 1. The largest absolute Gasteiger partial charge is 0.494 e. The summed E-state index contributed by atoms with van der Waals surface area (Å²) in [4.78, 5) is 16.3. The molecule has 7 nitrogen and oxygen atoms in total. The molecule has 2 rings (SSSR count). The third-order valence-corrected chi connectivity index (χ3v) is 4.05. The molecule has 0 aliphatic carbocycles. The Hall–Kier alpha value is -2.93. The molecule has 0 aromatic heterocycles. The standard InChI is InChI=1S/C21H27ClN4O3/c1-3-28-17-11-12-19(29-4-2)18(14-17)26-21(23)24-13-5-6-20(27)25-16-9-7-15(22)8-10-16/h7-12,14H,3-6,13H2,1-2H3,(H,25,27)(H3,23,24,26). The Kier molecular flexibility index (Phi) is 9.11. The number of guanidine groups is 1. The van der Waals surface area contributed by atoms with Gasteiger partial charge in [0.2, 0.25) is 5.91 Å². The van der Waals surface area contributed by atoms with Crippen molar-refractivity contribution in [1.29, 1.82) is 0 Å². The van der Waals surface area contributed by atoms with E-state index in [2.05, 4.69) is 15.6 Å². The lowest BCUT2D eigenvalue weighted by molar-refractivity contribution is -0.116. The van der Waals surface area contributed by atoms with E-state index in [0.29, 0.717) is 60.5 Å². The predicted octanol–water partition coefficient (Wildman–Crippen LogP) is 4.28. The number of hydrogen-bond donors (Lipinski definition) is 3. The van der Waals surface area contributed by atoms with Gasteiger partial charge in [0.15, 0.2) is 5.96 Å². The van der Waals surface area contributed by atoms with Crippen LogP contribution in [0.1, 0.15) is 26.7 Å².